The number of alkyl carbamates (subject to hydrolysis) is 1. The molecule has 0 aromatic heterocycles. The molecule has 7 nitrogen and oxygen atoms in total. The van der Waals surface area contributed by atoms with Crippen molar-refractivity contribution in [1.29, 1.82) is 0 Å². The summed E-state index contributed by atoms with van der Waals surface area (Å²) in [6.07, 6.45) is 0.942. The van der Waals surface area contributed by atoms with Crippen molar-refractivity contribution in [3.05, 3.63) is 71.3 Å². The van der Waals surface area contributed by atoms with Crippen LogP contribution in [-0.2, 0) is 14.3 Å². The van der Waals surface area contributed by atoms with Gasteiger partial charge in [0.1, 0.15) is 12.6 Å². The third kappa shape index (κ3) is 5.61. The van der Waals surface area contributed by atoms with Gasteiger partial charge in [-0.2, -0.15) is 0 Å². The van der Waals surface area contributed by atoms with E-state index in [1.807, 2.05) is 36.4 Å². The molecule has 1 atom stereocenters. The minimum Gasteiger partial charge on any atom is -0.480 e. The van der Waals surface area contributed by atoms with Gasteiger partial charge in [0.15, 0.2) is 0 Å². The average molecular weight is 451 g/mol. The number of nitrogens with one attached hydrogen (secondary N) is 2. The van der Waals surface area contributed by atoms with Crippen LogP contribution in [0.5, 0.6) is 0 Å². The largest absolute Gasteiger partial charge is 0.480 e. The van der Waals surface area contributed by atoms with Crippen molar-refractivity contribution in [2.75, 3.05) is 13.2 Å². The van der Waals surface area contributed by atoms with Crippen LogP contribution >= 0.6 is 0 Å². The summed E-state index contributed by atoms with van der Waals surface area (Å²) in [5.74, 6) is -1.62. The van der Waals surface area contributed by atoms with E-state index in [1.54, 1.807) is 27.7 Å². The van der Waals surface area contributed by atoms with Crippen LogP contribution in [0.15, 0.2) is 60.2 Å². The van der Waals surface area contributed by atoms with E-state index < -0.39 is 29.4 Å². The van der Waals surface area contributed by atoms with Crippen LogP contribution in [0.3, 0.4) is 0 Å². The highest BCUT2D eigenvalue weighted by Gasteiger charge is 2.33. The van der Waals surface area contributed by atoms with E-state index >= 15 is 0 Å². The number of aliphatic carboxylic acids is 1. The Kier molecular flexibility index (Phi) is 7.21. The van der Waals surface area contributed by atoms with Crippen molar-refractivity contribution in [2.24, 2.45) is 5.41 Å². The van der Waals surface area contributed by atoms with Crippen molar-refractivity contribution in [3.63, 3.8) is 0 Å². The first-order chi connectivity index (χ1) is 15.6. The predicted octanol–water partition coefficient (Wildman–Crippen LogP) is 4.09. The molecule has 2 amide bonds. The van der Waals surface area contributed by atoms with E-state index in [9.17, 15) is 19.5 Å². The summed E-state index contributed by atoms with van der Waals surface area (Å²) in [5.41, 5.74) is 4.24. The molecule has 1 aliphatic carbocycles. The van der Waals surface area contributed by atoms with E-state index in [0.717, 1.165) is 22.3 Å². The first kappa shape index (κ1) is 24.0. The lowest BCUT2D eigenvalue weighted by Gasteiger charge is -2.27. The Hall–Kier alpha value is -3.61. The van der Waals surface area contributed by atoms with Gasteiger partial charge >= 0.3 is 12.1 Å². The number of carbonyl (C=O) groups is 3. The fourth-order valence-electron chi connectivity index (χ4n) is 3.92. The number of carbonyl (C=O) groups excluding carboxylic acids is 2. The van der Waals surface area contributed by atoms with Crippen molar-refractivity contribution in [3.8, 4) is 11.1 Å². The lowest BCUT2D eigenvalue weighted by atomic mass is 9.86. The monoisotopic (exact) mass is 450 g/mol. The molecule has 0 unspecified atom stereocenters. The number of carboxylic acids is 1. The van der Waals surface area contributed by atoms with E-state index in [2.05, 4.69) is 22.8 Å². The Morgan fingerprint density at radius 1 is 1.03 bits per heavy atom. The van der Waals surface area contributed by atoms with Gasteiger partial charge in [0.25, 0.3) is 0 Å². The molecule has 174 valence electrons. The van der Waals surface area contributed by atoms with Gasteiger partial charge in [-0.1, -0.05) is 75.4 Å². The minimum absolute atomic E-state index is 0.0310. The van der Waals surface area contributed by atoms with Crippen LogP contribution in [-0.4, -0.2) is 42.3 Å². The smallest absolute Gasteiger partial charge is 0.407 e. The highest BCUT2D eigenvalue weighted by atomic mass is 16.5. The second kappa shape index (κ2) is 9.90. The summed E-state index contributed by atoms with van der Waals surface area (Å²) < 4.78 is 5.47. The van der Waals surface area contributed by atoms with Crippen molar-refractivity contribution >= 4 is 18.0 Å². The molecule has 33 heavy (non-hydrogen) atoms. The van der Waals surface area contributed by atoms with Gasteiger partial charge < -0.3 is 20.5 Å². The lowest BCUT2D eigenvalue weighted by Crippen LogP contribution is -2.49. The van der Waals surface area contributed by atoms with Crippen LogP contribution in [0.25, 0.3) is 11.1 Å². The number of carboxylic acid groups (broad SMARTS) is 1. The van der Waals surface area contributed by atoms with Crippen LogP contribution < -0.4 is 10.6 Å². The van der Waals surface area contributed by atoms with E-state index in [0.29, 0.717) is 5.57 Å². The Morgan fingerprint density at radius 2 is 1.58 bits per heavy atom. The second-order valence-corrected chi connectivity index (χ2v) is 9.20. The summed E-state index contributed by atoms with van der Waals surface area (Å²) in [6.45, 7) is 7.08. The van der Waals surface area contributed by atoms with Gasteiger partial charge in [0.2, 0.25) is 5.91 Å². The molecular formula is C26H30N2O5. The van der Waals surface area contributed by atoms with Gasteiger partial charge in [-0.05, 0) is 34.6 Å². The molecule has 2 aromatic rings. The molecule has 1 aliphatic rings. The maximum absolute atomic E-state index is 12.3. The molecule has 2 aromatic carbocycles. The number of fused-ring (bicyclic) bond motifs is 3. The zero-order valence-electron chi connectivity index (χ0n) is 19.3. The molecule has 0 bridgehead atoms. The van der Waals surface area contributed by atoms with Gasteiger partial charge in [-0.3, -0.25) is 4.79 Å². The number of hydrogen-bond donors (Lipinski definition) is 3. The van der Waals surface area contributed by atoms with E-state index in [-0.39, 0.29) is 19.1 Å². The Labute approximate surface area is 193 Å². The third-order valence-electron chi connectivity index (χ3n) is 5.74. The van der Waals surface area contributed by atoms with Crippen LogP contribution in [0.2, 0.25) is 0 Å². The zero-order chi connectivity index (χ0) is 24.2. The Balaban J connectivity index is 1.53. The van der Waals surface area contributed by atoms with Crippen LogP contribution in [0.4, 0.5) is 4.79 Å². The predicted molar refractivity (Wildman–Crippen MR) is 126 cm³/mol. The number of ether oxygens (including phenoxy) is 1. The minimum atomic E-state index is -1.10. The zero-order valence-corrected chi connectivity index (χ0v) is 19.3. The Morgan fingerprint density at radius 3 is 2.09 bits per heavy atom. The maximum atomic E-state index is 12.3. The third-order valence-corrected chi connectivity index (χ3v) is 5.74. The van der Waals surface area contributed by atoms with E-state index in [1.165, 1.54) is 6.08 Å². The second-order valence-electron chi connectivity index (χ2n) is 9.20. The lowest BCUT2D eigenvalue weighted by molar-refractivity contribution is -0.144. The van der Waals surface area contributed by atoms with Crippen molar-refractivity contribution < 1.29 is 24.2 Å². The molecule has 0 saturated carbocycles. The summed E-state index contributed by atoms with van der Waals surface area (Å²) >= 11 is 0. The normalized spacial score (nSPS) is 14.1. The topological polar surface area (TPSA) is 105 Å². The molecule has 0 radical (unpaired) electrons. The van der Waals surface area contributed by atoms with Gasteiger partial charge in [0, 0.05) is 18.0 Å². The number of rotatable bonds is 7. The molecule has 3 N–H and O–H groups in total. The van der Waals surface area contributed by atoms with Gasteiger partial charge in [-0.15, -0.1) is 0 Å². The SMILES string of the molecule is C/C(=C\CNC(=O)OCC1c2ccccc2-c2ccccc21)C(=O)N[C@H](C(=O)O)C(C)(C)C. The number of hydrogen-bond acceptors (Lipinski definition) is 4. The van der Waals surface area contributed by atoms with Gasteiger partial charge in [0.05, 0.1) is 0 Å². The molecule has 0 spiro atoms. The summed E-state index contributed by atoms with van der Waals surface area (Å²) in [5, 5.41) is 14.5. The fourth-order valence-corrected chi connectivity index (χ4v) is 3.92. The molecule has 3 rings (SSSR count). The summed E-state index contributed by atoms with van der Waals surface area (Å²) in [4.78, 5) is 36.0. The standard InChI is InChI=1S/C26H30N2O5/c1-16(23(29)28-22(24(30)31)26(2,3)4)13-14-27-25(32)33-15-21-19-11-7-5-9-17(19)18-10-6-8-12-20(18)21/h5-13,21-22H,14-15H2,1-4H3,(H,27,32)(H,28,29)(H,30,31)/b16-13+/t22-/m1/s1. The highest BCUT2D eigenvalue weighted by Crippen LogP contribution is 2.44. The number of amides is 2. The van der Waals surface area contributed by atoms with Crippen LogP contribution in [0.1, 0.15) is 44.7 Å². The molecule has 7 heteroatoms. The Bertz CT molecular complexity index is 1040. The fraction of sp³-hybridized carbons (Fsp3) is 0.346. The first-order valence-electron chi connectivity index (χ1n) is 10.9. The molecule has 0 heterocycles. The van der Waals surface area contributed by atoms with Crippen molar-refractivity contribution in [2.45, 2.75) is 39.7 Å². The van der Waals surface area contributed by atoms with Crippen molar-refractivity contribution in [1.82, 2.24) is 10.6 Å². The molecule has 0 aliphatic heterocycles. The highest BCUT2D eigenvalue weighted by molar-refractivity contribution is 5.95. The van der Waals surface area contributed by atoms with Gasteiger partial charge in [-0.25, -0.2) is 9.59 Å². The quantitative estimate of drug-likeness (QED) is 0.551. The molecule has 0 fully saturated rings. The van der Waals surface area contributed by atoms with E-state index in [4.69, 9.17) is 4.74 Å². The van der Waals surface area contributed by atoms with Crippen LogP contribution in [0, 0.1) is 5.41 Å². The average Bonchev–Trinajstić information content (AvgIpc) is 3.08. The maximum Gasteiger partial charge on any atom is 0.407 e. The molecular weight excluding hydrogens is 420 g/mol. The summed E-state index contributed by atoms with van der Waals surface area (Å²) in [6, 6.07) is 15.2. The summed E-state index contributed by atoms with van der Waals surface area (Å²) in [7, 11) is 0. The molecule has 0 saturated heterocycles. The first-order valence-corrected chi connectivity index (χ1v) is 10.9. The number of benzene rings is 2.